The average molecular weight is 361 g/mol. The number of hydrogen-bond acceptors (Lipinski definition) is 4. The van der Waals surface area contributed by atoms with Crippen molar-refractivity contribution in [2.75, 3.05) is 17.8 Å². The van der Waals surface area contributed by atoms with E-state index >= 15 is 0 Å². The molecule has 1 aliphatic rings. The van der Waals surface area contributed by atoms with Crippen molar-refractivity contribution in [1.29, 1.82) is 0 Å². The number of benzene rings is 1. The van der Waals surface area contributed by atoms with E-state index in [1.54, 1.807) is 6.07 Å². The second-order valence-electron chi connectivity index (χ2n) is 6.00. The fourth-order valence-corrected chi connectivity index (χ4v) is 4.01. The van der Waals surface area contributed by atoms with Gasteiger partial charge in [-0.1, -0.05) is 31.2 Å². The number of hydrogen-bond donors (Lipinski definition) is 1. The van der Waals surface area contributed by atoms with Gasteiger partial charge in [-0.05, 0) is 43.5 Å². The monoisotopic (exact) mass is 361 g/mol. The molecule has 0 atom stereocenters. The van der Waals surface area contributed by atoms with E-state index in [9.17, 15) is 8.42 Å². The van der Waals surface area contributed by atoms with Gasteiger partial charge in [0.05, 0.1) is 0 Å². The zero-order valence-electron chi connectivity index (χ0n) is 14.3. The summed E-state index contributed by atoms with van der Waals surface area (Å²) in [5, 5.41) is 0. The van der Waals surface area contributed by atoms with Crippen molar-refractivity contribution in [3.63, 3.8) is 0 Å². The lowest BCUT2D eigenvalue weighted by molar-refractivity contribution is 0.135. The van der Waals surface area contributed by atoms with Crippen LogP contribution in [0.15, 0.2) is 48.5 Å². The number of para-hydroxylation sites is 1. The SMILES string of the molecule is CCc1cccc(NS(=O)(=O)N2CCC(Oc3ccccc3)CC2)n1. The Hall–Kier alpha value is -2.12. The van der Waals surface area contributed by atoms with Gasteiger partial charge in [0.1, 0.15) is 17.7 Å². The molecule has 0 radical (unpaired) electrons. The van der Waals surface area contributed by atoms with Crippen LogP contribution in [0.25, 0.3) is 0 Å². The van der Waals surface area contributed by atoms with Crippen LogP contribution in [0.4, 0.5) is 5.82 Å². The number of nitrogens with zero attached hydrogens (tertiary/aromatic N) is 2. The summed E-state index contributed by atoms with van der Waals surface area (Å²) in [6, 6.07) is 15.0. The molecule has 1 saturated heterocycles. The molecule has 2 aromatic rings. The van der Waals surface area contributed by atoms with Gasteiger partial charge in [0.15, 0.2) is 0 Å². The normalized spacial score (nSPS) is 16.5. The molecule has 0 spiro atoms. The van der Waals surface area contributed by atoms with Crippen LogP contribution < -0.4 is 9.46 Å². The topological polar surface area (TPSA) is 71.5 Å². The summed E-state index contributed by atoms with van der Waals surface area (Å²) in [7, 11) is -3.59. The molecule has 7 heteroatoms. The van der Waals surface area contributed by atoms with Crippen molar-refractivity contribution in [2.45, 2.75) is 32.3 Å². The van der Waals surface area contributed by atoms with Gasteiger partial charge < -0.3 is 4.74 Å². The Balaban J connectivity index is 1.57. The van der Waals surface area contributed by atoms with Gasteiger partial charge in [-0.3, -0.25) is 4.72 Å². The van der Waals surface area contributed by atoms with E-state index < -0.39 is 10.2 Å². The summed E-state index contributed by atoms with van der Waals surface area (Å²) >= 11 is 0. The van der Waals surface area contributed by atoms with Crippen LogP contribution >= 0.6 is 0 Å². The summed E-state index contributed by atoms with van der Waals surface area (Å²) in [5.41, 5.74) is 0.857. The second kappa shape index (κ2) is 7.84. The van der Waals surface area contributed by atoms with Crippen molar-refractivity contribution in [3.05, 3.63) is 54.2 Å². The Bertz CT molecular complexity index is 788. The van der Waals surface area contributed by atoms with Crippen molar-refractivity contribution in [1.82, 2.24) is 9.29 Å². The predicted octanol–water partition coefficient (Wildman–Crippen LogP) is 2.84. The second-order valence-corrected chi connectivity index (χ2v) is 7.67. The lowest BCUT2D eigenvalue weighted by Crippen LogP contribution is -2.44. The summed E-state index contributed by atoms with van der Waals surface area (Å²) in [4.78, 5) is 4.30. The van der Waals surface area contributed by atoms with Crippen molar-refractivity contribution in [2.24, 2.45) is 0 Å². The minimum Gasteiger partial charge on any atom is -0.490 e. The van der Waals surface area contributed by atoms with Gasteiger partial charge >= 0.3 is 10.2 Å². The van der Waals surface area contributed by atoms with Crippen LogP contribution in [-0.4, -0.2) is 36.9 Å². The van der Waals surface area contributed by atoms with Crippen LogP contribution in [0, 0.1) is 0 Å². The molecular formula is C18H23N3O3S. The first kappa shape index (κ1) is 17.7. The zero-order valence-corrected chi connectivity index (χ0v) is 15.1. The van der Waals surface area contributed by atoms with E-state index in [0.717, 1.165) is 17.9 Å². The van der Waals surface area contributed by atoms with E-state index in [2.05, 4.69) is 9.71 Å². The van der Waals surface area contributed by atoms with E-state index in [1.807, 2.05) is 49.4 Å². The molecular weight excluding hydrogens is 338 g/mol. The quantitative estimate of drug-likeness (QED) is 0.859. The largest absolute Gasteiger partial charge is 0.490 e. The molecule has 0 amide bonds. The number of pyridine rings is 1. The highest BCUT2D eigenvalue weighted by Gasteiger charge is 2.29. The van der Waals surface area contributed by atoms with Crippen LogP contribution in [0.5, 0.6) is 5.75 Å². The van der Waals surface area contributed by atoms with Crippen LogP contribution in [0.3, 0.4) is 0 Å². The van der Waals surface area contributed by atoms with Gasteiger partial charge in [0.25, 0.3) is 0 Å². The van der Waals surface area contributed by atoms with E-state index in [-0.39, 0.29) is 6.10 Å². The van der Waals surface area contributed by atoms with Crippen LogP contribution in [0.1, 0.15) is 25.5 Å². The minimum absolute atomic E-state index is 0.0374. The molecule has 0 aliphatic carbocycles. The fraction of sp³-hybridized carbons (Fsp3) is 0.389. The van der Waals surface area contributed by atoms with Gasteiger partial charge in [0.2, 0.25) is 0 Å². The van der Waals surface area contributed by atoms with Crippen LogP contribution in [-0.2, 0) is 16.6 Å². The Morgan fingerprint density at radius 2 is 1.84 bits per heavy atom. The number of aromatic nitrogens is 1. The average Bonchev–Trinajstić information content (AvgIpc) is 2.63. The maximum atomic E-state index is 12.6. The summed E-state index contributed by atoms with van der Waals surface area (Å²) < 4.78 is 35.0. The maximum Gasteiger partial charge on any atom is 0.302 e. The molecule has 134 valence electrons. The summed E-state index contributed by atoms with van der Waals surface area (Å²) in [6.45, 7) is 2.85. The van der Waals surface area contributed by atoms with E-state index in [0.29, 0.717) is 31.7 Å². The summed E-state index contributed by atoms with van der Waals surface area (Å²) in [6.07, 6.45) is 2.13. The molecule has 1 aliphatic heterocycles. The lowest BCUT2D eigenvalue weighted by Gasteiger charge is -2.31. The van der Waals surface area contributed by atoms with Crippen molar-refractivity contribution >= 4 is 16.0 Å². The zero-order chi connectivity index (χ0) is 17.7. The van der Waals surface area contributed by atoms with Gasteiger partial charge in [0, 0.05) is 18.8 Å². The van der Waals surface area contributed by atoms with Gasteiger partial charge in [-0.25, -0.2) is 4.98 Å². The molecule has 6 nitrogen and oxygen atoms in total. The first-order chi connectivity index (χ1) is 12.1. The summed E-state index contributed by atoms with van der Waals surface area (Å²) in [5.74, 6) is 1.18. The standard InChI is InChI=1S/C18H23N3O3S/c1-2-15-7-6-10-18(19-15)20-25(22,23)21-13-11-17(12-14-21)24-16-8-4-3-5-9-16/h3-10,17H,2,11-14H2,1H3,(H,19,20). The third-order valence-electron chi connectivity index (χ3n) is 4.19. The third kappa shape index (κ3) is 4.70. The number of piperidine rings is 1. The Labute approximate surface area is 149 Å². The first-order valence-electron chi connectivity index (χ1n) is 8.52. The molecule has 25 heavy (non-hydrogen) atoms. The van der Waals surface area contributed by atoms with E-state index in [1.165, 1.54) is 4.31 Å². The highest BCUT2D eigenvalue weighted by atomic mass is 32.2. The smallest absolute Gasteiger partial charge is 0.302 e. The number of aryl methyl sites for hydroxylation is 1. The van der Waals surface area contributed by atoms with E-state index in [4.69, 9.17) is 4.74 Å². The third-order valence-corrected chi connectivity index (χ3v) is 5.70. The molecule has 0 saturated carbocycles. The van der Waals surface area contributed by atoms with Gasteiger partial charge in [-0.2, -0.15) is 12.7 Å². The highest BCUT2D eigenvalue weighted by molar-refractivity contribution is 7.90. The molecule has 2 heterocycles. The Kier molecular flexibility index (Phi) is 5.55. The molecule has 1 aromatic heterocycles. The Morgan fingerprint density at radius 1 is 1.12 bits per heavy atom. The molecule has 3 rings (SSSR count). The number of rotatable bonds is 6. The van der Waals surface area contributed by atoms with Crippen LogP contribution in [0.2, 0.25) is 0 Å². The van der Waals surface area contributed by atoms with Crippen molar-refractivity contribution < 1.29 is 13.2 Å². The van der Waals surface area contributed by atoms with Gasteiger partial charge in [-0.15, -0.1) is 0 Å². The molecule has 1 aromatic carbocycles. The number of anilines is 1. The Morgan fingerprint density at radius 3 is 2.52 bits per heavy atom. The lowest BCUT2D eigenvalue weighted by atomic mass is 10.1. The molecule has 0 bridgehead atoms. The van der Waals surface area contributed by atoms with Crippen molar-refractivity contribution in [3.8, 4) is 5.75 Å². The molecule has 1 N–H and O–H groups in total. The molecule has 0 unspecified atom stereocenters. The minimum atomic E-state index is -3.59. The fourth-order valence-electron chi connectivity index (χ4n) is 2.81. The molecule has 1 fully saturated rings. The first-order valence-corrected chi connectivity index (χ1v) is 9.96. The predicted molar refractivity (Wildman–Crippen MR) is 97.8 cm³/mol. The highest BCUT2D eigenvalue weighted by Crippen LogP contribution is 2.21. The maximum absolute atomic E-state index is 12.6. The number of ether oxygens (including phenoxy) is 1. The number of nitrogens with one attached hydrogen (secondary N) is 1.